The van der Waals surface area contributed by atoms with Gasteiger partial charge in [0.15, 0.2) is 5.82 Å². The second kappa shape index (κ2) is 9.70. The highest BCUT2D eigenvalue weighted by Gasteiger charge is 2.31. The van der Waals surface area contributed by atoms with Gasteiger partial charge >= 0.3 is 0 Å². The molecule has 9 nitrogen and oxygen atoms in total. The van der Waals surface area contributed by atoms with Crippen LogP contribution in [-0.2, 0) is 11.3 Å². The third kappa shape index (κ3) is 4.55. The fourth-order valence-corrected chi connectivity index (χ4v) is 4.28. The number of aromatic nitrogens is 5. The van der Waals surface area contributed by atoms with Crippen LogP contribution in [-0.4, -0.2) is 63.0 Å². The minimum absolute atomic E-state index is 0.204. The van der Waals surface area contributed by atoms with E-state index in [2.05, 4.69) is 25.4 Å². The van der Waals surface area contributed by atoms with Crippen LogP contribution >= 0.6 is 0 Å². The third-order valence-corrected chi connectivity index (χ3v) is 5.91. The molecule has 176 valence electrons. The number of benzene rings is 2. The number of nitrogens with one attached hydrogen (secondary N) is 1. The fourth-order valence-electron chi connectivity index (χ4n) is 4.28. The highest BCUT2D eigenvalue weighted by molar-refractivity contribution is 5.80. The lowest BCUT2D eigenvalue weighted by Gasteiger charge is -2.33. The number of hydrogen-bond donors (Lipinski definition) is 1. The molecule has 1 aliphatic rings. The molecule has 34 heavy (non-hydrogen) atoms. The highest BCUT2D eigenvalue weighted by atomic mass is 19.1. The molecular formula is C24H25FN6O3. The summed E-state index contributed by atoms with van der Waals surface area (Å²) in [6, 6.07) is 13.2. The Hall–Kier alpha value is -3.63. The van der Waals surface area contributed by atoms with Crippen molar-refractivity contribution in [1.29, 1.82) is 0 Å². The monoisotopic (exact) mass is 464 g/mol. The summed E-state index contributed by atoms with van der Waals surface area (Å²) in [6.45, 7) is 5.19. The average molecular weight is 465 g/mol. The summed E-state index contributed by atoms with van der Waals surface area (Å²) in [4.78, 5) is 18.4. The minimum atomic E-state index is -0.483. The second-order valence-electron chi connectivity index (χ2n) is 8.11. The van der Waals surface area contributed by atoms with Crippen molar-refractivity contribution in [3.8, 4) is 5.75 Å². The Morgan fingerprint density at radius 2 is 1.94 bits per heavy atom. The first-order valence-electron chi connectivity index (χ1n) is 11.2. The number of fused-ring (bicyclic) bond motifs is 1. The molecule has 2 aromatic heterocycles. The van der Waals surface area contributed by atoms with Gasteiger partial charge in [-0.3, -0.25) is 9.69 Å². The second-order valence-corrected chi connectivity index (χ2v) is 8.11. The van der Waals surface area contributed by atoms with Gasteiger partial charge in [0.2, 0.25) is 0 Å². The van der Waals surface area contributed by atoms with Crippen LogP contribution in [0.4, 0.5) is 4.39 Å². The number of tetrazole rings is 1. The lowest BCUT2D eigenvalue weighted by atomic mass is 10.0. The summed E-state index contributed by atoms with van der Waals surface area (Å²) in [5, 5.41) is 13.3. The Balaban J connectivity index is 1.59. The topological polar surface area (TPSA) is 98.2 Å². The van der Waals surface area contributed by atoms with Gasteiger partial charge in [-0.25, -0.2) is 9.07 Å². The van der Waals surface area contributed by atoms with Gasteiger partial charge in [0, 0.05) is 29.6 Å². The number of H-pyrrole nitrogens is 1. The number of pyridine rings is 1. The predicted molar refractivity (Wildman–Crippen MR) is 123 cm³/mol. The van der Waals surface area contributed by atoms with Gasteiger partial charge in [-0.2, -0.15) is 0 Å². The molecule has 5 rings (SSSR count). The van der Waals surface area contributed by atoms with Crippen LogP contribution < -0.4 is 10.3 Å². The normalized spacial score (nSPS) is 15.5. The molecule has 0 amide bonds. The van der Waals surface area contributed by atoms with Gasteiger partial charge < -0.3 is 14.5 Å². The lowest BCUT2D eigenvalue weighted by Crippen LogP contribution is -2.42. The Morgan fingerprint density at radius 1 is 1.15 bits per heavy atom. The van der Waals surface area contributed by atoms with Crippen molar-refractivity contribution in [2.45, 2.75) is 19.5 Å². The molecule has 1 aliphatic heterocycles. The van der Waals surface area contributed by atoms with E-state index in [0.717, 1.165) is 22.2 Å². The summed E-state index contributed by atoms with van der Waals surface area (Å²) >= 11 is 0. The molecule has 1 atom stereocenters. The Bertz CT molecular complexity index is 1330. The number of aromatic amines is 1. The zero-order chi connectivity index (χ0) is 23.5. The molecule has 1 N–H and O–H groups in total. The summed E-state index contributed by atoms with van der Waals surface area (Å²) in [5.74, 6) is 0.968. The molecule has 1 saturated heterocycles. The number of ether oxygens (including phenoxy) is 2. The number of nitrogens with zero attached hydrogens (tertiary/aromatic N) is 5. The van der Waals surface area contributed by atoms with Crippen LogP contribution in [0.2, 0.25) is 0 Å². The Labute approximate surface area is 195 Å². The molecule has 0 unspecified atom stereocenters. The van der Waals surface area contributed by atoms with Crippen molar-refractivity contribution in [3.05, 3.63) is 81.7 Å². The van der Waals surface area contributed by atoms with Gasteiger partial charge in [-0.15, -0.1) is 5.10 Å². The van der Waals surface area contributed by atoms with E-state index in [9.17, 15) is 9.18 Å². The smallest absolute Gasteiger partial charge is 0.253 e. The molecule has 10 heteroatoms. The van der Waals surface area contributed by atoms with Crippen LogP contribution in [0.15, 0.2) is 53.3 Å². The minimum Gasteiger partial charge on any atom is -0.494 e. The van der Waals surface area contributed by atoms with E-state index in [1.807, 2.05) is 31.2 Å². The van der Waals surface area contributed by atoms with Crippen LogP contribution in [0, 0.1) is 5.82 Å². The number of halogens is 1. The van der Waals surface area contributed by atoms with Crippen LogP contribution in [0.5, 0.6) is 5.75 Å². The first kappa shape index (κ1) is 22.2. The van der Waals surface area contributed by atoms with Crippen LogP contribution in [0.25, 0.3) is 10.9 Å². The van der Waals surface area contributed by atoms with Crippen molar-refractivity contribution in [2.24, 2.45) is 0 Å². The van der Waals surface area contributed by atoms with Crippen molar-refractivity contribution in [1.82, 2.24) is 30.1 Å². The molecule has 4 aromatic rings. The van der Waals surface area contributed by atoms with E-state index >= 15 is 0 Å². The standard InChI is InChI=1S/C24H25FN6O3/c1-2-34-19-7-8-21-17(13-19)14-20(24(32)26-21)22(30-9-11-33-12-10-30)23-27-28-29-31(23)15-16-3-5-18(25)6-4-16/h3-8,13-14,22H,2,9-12,15H2,1H3,(H,26,32)/t22-/m1/s1. The number of morpholine rings is 1. The summed E-state index contributed by atoms with van der Waals surface area (Å²) in [6.07, 6.45) is 0. The Kier molecular flexibility index (Phi) is 6.33. The maximum absolute atomic E-state index is 13.4. The van der Waals surface area contributed by atoms with E-state index in [0.29, 0.717) is 50.8 Å². The van der Waals surface area contributed by atoms with Gasteiger partial charge in [-0.05, 0) is 59.3 Å². The first-order chi connectivity index (χ1) is 16.6. The van der Waals surface area contributed by atoms with Crippen molar-refractivity contribution in [3.63, 3.8) is 0 Å². The zero-order valence-corrected chi connectivity index (χ0v) is 18.8. The molecule has 0 radical (unpaired) electrons. The third-order valence-electron chi connectivity index (χ3n) is 5.91. The average Bonchev–Trinajstić information content (AvgIpc) is 3.30. The van der Waals surface area contributed by atoms with Gasteiger partial charge in [-0.1, -0.05) is 12.1 Å². The van der Waals surface area contributed by atoms with E-state index in [-0.39, 0.29) is 11.4 Å². The Morgan fingerprint density at radius 3 is 2.71 bits per heavy atom. The predicted octanol–water partition coefficient (Wildman–Crippen LogP) is 2.52. The molecule has 0 bridgehead atoms. The molecule has 1 fully saturated rings. The maximum Gasteiger partial charge on any atom is 0.253 e. The lowest BCUT2D eigenvalue weighted by molar-refractivity contribution is 0.0214. The van der Waals surface area contributed by atoms with E-state index in [1.165, 1.54) is 12.1 Å². The zero-order valence-electron chi connectivity index (χ0n) is 18.8. The fraction of sp³-hybridized carbons (Fsp3) is 0.333. The molecule has 0 aliphatic carbocycles. The van der Waals surface area contributed by atoms with Crippen molar-refractivity contribution >= 4 is 10.9 Å². The van der Waals surface area contributed by atoms with Gasteiger partial charge in [0.1, 0.15) is 17.6 Å². The first-order valence-corrected chi connectivity index (χ1v) is 11.2. The number of hydrogen-bond acceptors (Lipinski definition) is 7. The maximum atomic E-state index is 13.4. The molecule has 0 spiro atoms. The van der Waals surface area contributed by atoms with Crippen molar-refractivity contribution < 1.29 is 13.9 Å². The van der Waals surface area contributed by atoms with Crippen LogP contribution in [0.1, 0.15) is 29.9 Å². The van der Waals surface area contributed by atoms with Crippen LogP contribution in [0.3, 0.4) is 0 Å². The highest BCUT2D eigenvalue weighted by Crippen LogP contribution is 2.29. The molecule has 3 heterocycles. The summed E-state index contributed by atoms with van der Waals surface area (Å²) in [7, 11) is 0. The van der Waals surface area contributed by atoms with Gasteiger partial charge in [0.25, 0.3) is 5.56 Å². The quantitative estimate of drug-likeness (QED) is 0.449. The van der Waals surface area contributed by atoms with E-state index < -0.39 is 6.04 Å². The molecular weight excluding hydrogens is 439 g/mol. The van der Waals surface area contributed by atoms with E-state index in [4.69, 9.17) is 9.47 Å². The SMILES string of the molecule is CCOc1ccc2[nH]c(=O)c([C@H](c3nnnn3Cc3ccc(F)cc3)N3CCOCC3)cc2c1. The molecule has 0 saturated carbocycles. The number of rotatable bonds is 7. The van der Waals surface area contributed by atoms with E-state index in [1.54, 1.807) is 16.8 Å². The molecule has 2 aromatic carbocycles. The van der Waals surface area contributed by atoms with Crippen molar-refractivity contribution in [2.75, 3.05) is 32.9 Å². The van der Waals surface area contributed by atoms with Gasteiger partial charge in [0.05, 0.1) is 26.4 Å². The summed E-state index contributed by atoms with van der Waals surface area (Å²) < 4.78 is 26.2. The summed E-state index contributed by atoms with van der Waals surface area (Å²) in [5.41, 5.74) is 1.91. The largest absolute Gasteiger partial charge is 0.494 e.